The van der Waals surface area contributed by atoms with E-state index in [2.05, 4.69) is 10.0 Å². The van der Waals surface area contributed by atoms with Gasteiger partial charge in [0, 0.05) is 23.4 Å². The summed E-state index contributed by atoms with van der Waals surface area (Å²) in [6, 6.07) is 10.7. The monoisotopic (exact) mass is 358 g/mol. The summed E-state index contributed by atoms with van der Waals surface area (Å²) in [4.78, 5) is 0.271. The Balaban J connectivity index is 0.00000264. The lowest BCUT2D eigenvalue weighted by Gasteiger charge is -2.15. The minimum atomic E-state index is -3.57. The molecule has 0 fully saturated rings. The highest BCUT2D eigenvalue weighted by molar-refractivity contribution is 7.89. The Labute approximate surface area is 143 Å². The SMILES string of the molecule is CCN[C@H](C)CNS(=O)(=O)c1ccc(OC)c2ccccc12.Cl. The molecule has 2 rings (SSSR count). The van der Waals surface area contributed by atoms with Gasteiger partial charge in [-0.1, -0.05) is 31.2 Å². The van der Waals surface area contributed by atoms with Crippen molar-refractivity contribution in [3.63, 3.8) is 0 Å². The van der Waals surface area contributed by atoms with Gasteiger partial charge in [-0.2, -0.15) is 0 Å². The van der Waals surface area contributed by atoms with E-state index in [1.807, 2.05) is 32.0 Å². The molecule has 23 heavy (non-hydrogen) atoms. The molecule has 2 aromatic rings. The summed E-state index contributed by atoms with van der Waals surface area (Å²) in [5, 5.41) is 4.62. The third kappa shape index (κ3) is 4.57. The van der Waals surface area contributed by atoms with Crippen LogP contribution in [0, 0.1) is 0 Å². The second-order valence-corrected chi connectivity index (χ2v) is 6.86. The number of nitrogens with one attached hydrogen (secondary N) is 2. The Morgan fingerprint density at radius 1 is 1.13 bits per heavy atom. The van der Waals surface area contributed by atoms with E-state index in [9.17, 15) is 8.42 Å². The number of halogens is 1. The summed E-state index contributed by atoms with van der Waals surface area (Å²) < 4.78 is 33.1. The fraction of sp³-hybridized carbons (Fsp3) is 0.375. The van der Waals surface area contributed by atoms with Gasteiger partial charge in [-0.05, 0) is 25.6 Å². The zero-order valence-electron chi connectivity index (χ0n) is 13.5. The van der Waals surface area contributed by atoms with Crippen LogP contribution in [0.1, 0.15) is 13.8 Å². The molecule has 0 saturated carbocycles. The van der Waals surface area contributed by atoms with Gasteiger partial charge < -0.3 is 10.1 Å². The van der Waals surface area contributed by atoms with Crippen molar-refractivity contribution in [3.05, 3.63) is 36.4 Å². The maximum atomic E-state index is 12.6. The molecule has 2 N–H and O–H groups in total. The molecule has 0 aliphatic carbocycles. The van der Waals surface area contributed by atoms with Crippen LogP contribution in [0.4, 0.5) is 0 Å². The summed E-state index contributed by atoms with van der Waals surface area (Å²) in [6.07, 6.45) is 0. The predicted octanol–water partition coefficient (Wildman–Crippen LogP) is 2.55. The Kier molecular flexibility index (Phi) is 7.28. The summed E-state index contributed by atoms with van der Waals surface area (Å²) in [5.41, 5.74) is 0. The average molecular weight is 359 g/mol. The minimum Gasteiger partial charge on any atom is -0.496 e. The number of fused-ring (bicyclic) bond motifs is 1. The Bertz CT molecular complexity index is 750. The highest BCUT2D eigenvalue weighted by atomic mass is 35.5. The summed E-state index contributed by atoms with van der Waals surface area (Å²) >= 11 is 0. The van der Waals surface area contributed by atoms with E-state index in [-0.39, 0.29) is 23.3 Å². The van der Waals surface area contributed by atoms with E-state index in [0.29, 0.717) is 17.7 Å². The van der Waals surface area contributed by atoms with Crippen molar-refractivity contribution in [3.8, 4) is 5.75 Å². The summed E-state index contributed by atoms with van der Waals surface area (Å²) in [6.45, 7) is 5.07. The number of rotatable bonds is 7. The van der Waals surface area contributed by atoms with Crippen molar-refractivity contribution in [1.82, 2.24) is 10.0 Å². The normalized spacial score (nSPS) is 12.7. The van der Waals surface area contributed by atoms with Crippen LogP contribution in [0.25, 0.3) is 10.8 Å². The maximum absolute atomic E-state index is 12.6. The van der Waals surface area contributed by atoms with Crippen molar-refractivity contribution in [2.75, 3.05) is 20.2 Å². The molecule has 0 radical (unpaired) electrons. The smallest absolute Gasteiger partial charge is 0.241 e. The molecule has 0 aliphatic rings. The molecular weight excluding hydrogens is 336 g/mol. The zero-order chi connectivity index (χ0) is 16.2. The third-order valence-corrected chi connectivity index (χ3v) is 4.97. The fourth-order valence-electron chi connectivity index (χ4n) is 2.39. The first kappa shape index (κ1) is 19.7. The van der Waals surface area contributed by atoms with Crippen LogP contribution < -0.4 is 14.8 Å². The standard InChI is InChI=1S/C16H22N2O3S.ClH/c1-4-17-12(2)11-18-22(19,20)16-10-9-15(21-3)13-7-5-6-8-14(13)16;/h5-10,12,17-18H,4,11H2,1-3H3;1H/t12-;/m1./s1. The van der Waals surface area contributed by atoms with Gasteiger partial charge in [-0.25, -0.2) is 13.1 Å². The van der Waals surface area contributed by atoms with Gasteiger partial charge in [-0.15, -0.1) is 12.4 Å². The molecular formula is C16H23ClN2O3S. The predicted molar refractivity (Wildman–Crippen MR) is 96.1 cm³/mol. The molecule has 1 atom stereocenters. The van der Waals surface area contributed by atoms with Crippen LogP contribution in [-0.4, -0.2) is 34.7 Å². The van der Waals surface area contributed by atoms with Gasteiger partial charge in [0.25, 0.3) is 0 Å². The highest BCUT2D eigenvalue weighted by Crippen LogP contribution is 2.30. The Morgan fingerprint density at radius 3 is 2.39 bits per heavy atom. The van der Waals surface area contributed by atoms with E-state index in [0.717, 1.165) is 11.9 Å². The number of ether oxygens (including phenoxy) is 1. The number of hydrogen-bond donors (Lipinski definition) is 2. The van der Waals surface area contributed by atoms with Gasteiger partial charge in [0.15, 0.2) is 0 Å². The number of methoxy groups -OCH3 is 1. The molecule has 0 saturated heterocycles. The molecule has 5 nitrogen and oxygen atoms in total. The lowest BCUT2D eigenvalue weighted by molar-refractivity contribution is 0.419. The van der Waals surface area contributed by atoms with E-state index in [1.165, 1.54) is 0 Å². The first-order chi connectivity index (χ1) is 10.5. The molecule has 0 unspecified atom stereocenters. The van der Waals surface area contributed by atoms with E-state index < -0.39 is 10.0 Å². The van der Waals surface area contributed by atoms with Crippen molar-refractivity contribution in [2.45, 2.75) is 24.8 Å². The van der Waals surface area contributed by atoms with Crippen molar-refractivity contribution >= 4 is 33.2 Å². The second-order valence-electron chi connectivity index (χ2n) is 5.12. The highest BCUT2D eigenvalue weighted by Gasteiger charge is 2.19. The van der Waals surface area contributed by atoms with Crippen molar-refractivity contribution in [2.24, 2.45) is 0 Å². The molecule has 0 amide bonds. The second kappa shape index (κ2) is 8.49. The average Bonchev–Trinajstić information content (AvgIpc) is 2.52. The maximum Gasteiger partial charge on any atom is 0.241 e. The molecule has 0 aromatic heterocycles. The van der Waals surface area contributed by atoms with Crippen LogP contribution in [0.2, 0.25) is 0 Å². The molecule has 0 spiro atoms. The van der Waals surface area contributed by atoms with E-state index in [4.69, 9.17) is 4.74 Å². The number of sulfonamides is 1. The number of hydrogen-bond acceptors (Lipinski definition) is 4. The van der Waals surface area contributed by atoms with Gasteiger partial charge in [0.05, 0.1) is 12.0 Å². The number of likely N-dealkylation sites (N-methyl/N-ethyl adjacent to an activating group) is 1. The Hall–Kier alpha value is -1.34. The van der Waals surface area contributed by atoms with E-state index >= 15 is 0 Å². The first-order valence-electron chi connectivity index (χ1n) is 7.28. The molecule has 128 valence electrons. The largest absolute Gasteiger partial charge is 0.496 e. The van der Waals surface area contributed by atoms with Crippen LogP contribution in [-0.2, 0) is 10.0 Å². The van der Waals surface area contributed by atoms with Crippen LogP contribution in [0.15, 0.2) is 41.3 Å². The quantitative estimate of drug-likeness (QED) is 0.798. The molecule has 0 heterocycles. The van der Waals surface area contributed by atoms with Crippen molar-refractivity contribution < 1.29 is 13.2 Å². The van der Waals surface area contributed by atoms with Gasteiger partial charge in [0.1, 0.15) is 5.75 Å². The van der Waals surface area contributed by atoms with Crippen LogP contribution in [0.3, 0.4) is 0 Å². The van der Waals surface area contributed by atoms with E-state index in [1.54, 1.807) is 25.3 Å². The third-order valence-electron chi connectivity index (χ3n) is 3.49. The molecule has 0 aliphatic heterocycles. The minimum absolute atomic E-state index is 0. The van der Waals surface area contributed by atoms with Crippen LogP contribution in [0.5, 0.6) is 5.75 Å². The summed E-state index contributed by atoms with van der Waals surface area (Å²) in [7, 11) is -2.00. The van der Waals surface area contributed by atoms with Gasteiger partial charge in [-0.3, -0.25) is 0 Å². The first-order valence-corrected chi connectivity index (χ1v) is 8.76. The lowest BCUT2D eigenvalue weighted by atomic mass is 10.1. The molecule has 2 aromatic carbocycles. The van der Waals surface area contributed by atoms with Crippen molar-refractivity contribution in [1.29, 1.82) is 0 Å². The molecule has 7 heteroatoms. The fourth-order valence-corrected chi connectivity index (χ4v) is 3.73. The van der Waals surface area contributed by atoms with Gasteiger partial charge in [0.2, 0.25) is 10.0 Å². The van der Waals surface area contributed by atoms with Gasteiger partial charge >= 0.3 is 0 Å². The number of benzene rings is 2. The zero-order valence-corrected chi connectivity index (χ0v) is 15.1. The topological polar surface area (TPSA) is 67.4 Å². The Morgan fingerprint density at radius 2 is 1.78 bits per heavy atom. The lowest BCUT2D eigenvalue weighted by Crippen LogP contribution is -2.38. The molecule has 0 bridgehead atoms. The summed E-state index contributed by atoms with van der Waals surface area (Å²) in [5.74, 6) is 0.663. The van der Waals surface area contributed by atoms with Crippen LogP contribution >= 0.6 is 12.4 Å².